The van der Waals surface area contributed by atoms with Crippen LogP contribution >= 0.6 is 0 Å². The molecule has 0 atom stereocenters. The van der Waals surface area contributed by atoms with Crippen LogP contribution in [0.15, 0.2) is 12.1 Å². The molecule has 0 radical (unpaired) electrons. The van der Waals surface area contributed by atoms with Gasteiger partial charge in [-0.25, -0.2) is 4.79 Å². The molecule has 1 saturated carbocycles. The Balaban J connectivity index is 2.06. The number of methoxy groups -OCH3 is 2. The van der Waals surface area contributed by atoms with Crippen molar-refractivity contribution in [1.82, 2.24) is 0 Å². The SMILES string of the molecule is COc1cc(NC(=O)CCC2CCCCC2)c(C(=O)O)cc1OC. The lowest BCUT2D eigenvalue weighted by Gasteiger charge is -2.21. The third-order valence-electron chi connectivity index (χ3n) is 4.53. The predicted molar refractivity (Wildman–Crippen MR) is 90.9 cm³/mol. The molecule has 1 aliphatic carbocycles. The van der Waals surface area contributed by atoms with E-state index in [0.29, 0.717) is 23.8 Å². The van der Waals surface area contributed by atoms with Gasteiger partial charge >= 0.3 is 5.97 Å². The Kier molecular flexibility index (Phi) is 6.46. The molecule has 1 aromatic rings. The fourth-order valence-corrected chi connectivity index (χ4v) is 3.18. The number of aromatic carboxylic acids is 1. The van der Waals surface area contributed by atoms with E-state index in [1.807, 2.05) is 0 Å². The maximum absolute atomic E-state index is 12.2. The topological polar surface area (TPSA) is 84.9 Å². The molecule has 2 N–H and O–H groups in total. The highest BCUT2D eigenvalue weighted by molar-refractivity contribution is 6.01. The van der Waals surface area contributed by atoms with Crippen molar-refractivity contribution in [1.29, 1.82) is 0 Å². The minimum Gasteiger partial charge on any atom is -0.493 e. The van der Waals surface area contributed by atoms with E-state index < -0.39 is 5.97 Å². The molecule has 0 aromatic heterocycles. The molecule has 132 valence electrons. The van der Waals surface area contributed by atoms with Gasteiger partial charge in [-0.1, -0.05) is 32.1 Å². The smallest absolute Gasteiger partial charge is 0.337 e. The molecule has 1 aliphatic rings. The van der Waals surface area contributed by atoms with Crippen molar-refractivity contribution in [3.05, 3.63) is 17.7 Å². The molecule has 24 heavy (non-hydrogen) atoms. The van der Waals surface area contributed by atoms with Gasteiger partial charge < -0.3 is 19.9 Å². The number of anilines is 1. The van der Waals surface area contributed by atoms with Crippen LogP contribution < -0.4 is 14.8 Å². The van der Waals surface area contributed by atoms with Crippen LogP contribution in [0.25, 0.3) is 0 Å². The summed E-state index contributed by atoms with van der Waals surface area (Å²) < 4.78 is 10.3. The number of carbonyl (C=O) groups is 2. The van der Waals surface area contributed by atoms with Crippen LogP contribution in [0.2, 0.25) is 0 Å². The molecular formula is C18H25NO5. The quantitative estimate of drug-likeness (QED) is 0.793. The molecule has 0 unspecified atom stereocenters. The number of hydrogen-bond donors (Lipinski definition) is 2. The summed E-state index contributed by atoms with van der Waals surface area (Å²) in [5.41, 5.74) is 0.215. The zero-order valence-electron chi connectivity index (χ0n) is 14.3. The largest absolute Gasteiger partial charge is 0.493 e. The first-order valence-electron chi connectivity index (χ1n) is 8.34. The lowest BCUT2D eigenvalue weighted by atomic mass is 9.86. The van der Waals surface area contributed by atoms with Crippen molar-refractivity contribution in [3.63, 3.8) is 0 Å². The summed E-state index contributed by atoms with van der Waals surface area (Å²) in [5.74, 6) is 0.00265. The number of hydrogen-bond acceptors (Lipinski definition) is 4. The van der Waals surface area contributed by atoms with Crippen molar-refractivity contribution < 1.29 is 24.2 Å². The minimum atomic E-state index is -1.13. The van der Waals surface area contributed by atoms with Crippen LogP contribution in [0.3, 0.4) is 0 Å². The average Bonchev–Trinajstić information content (AvgIpc) is 2.60. The molecule has 1 fully saturated rings. The molecule has 0 spiro atoms. The third-order valence-corrected chi connectivity index (χ3v) is 4.53. The number of carboxylic acid groups (broad SMARTS) is 1. The fourth-order valence-electron chi connectivity index (χ4n) is 3.18. The van der Waals surface area contributed by atoms with Crippen LogP contribution in [-0.4, -0.2) is 31.2 Å². The van der Waals surface area contributed by atoms with Crippen molar-refractivity contribution >= 4 is 17.6 Å². The minimum absolute atomic E-state index is 0.0151. The predicted octanol–water partition coefficient (Wildman–Crippen LogP) is 3.70. The van der Waals surface area contributed by atoms with Gasteiger partial charge in [-0.05, 0) is 12.3 Å². The van der Waals surface area contributed by atoms with Gasteiger partial charge in [-0.2, -0.15) is 0 Å². The van der Waals surface area contributed by atoms with E-state index in [1.54, 1.807) is 0 Å². The van der Waals surface area contributed by atoms with Gasteiger partial charge in [0.25, 0.3) is 0 Å². The van der Waals surface area contributed by atoms with Crippen molar-refractivity contribution in [2.45, 2.75) is 44.9 Å². The van der Waals surface area contributed by atoms with Crippen LogP contribution in [0.1, 0.15) is 55.3 Å². The first-order chi connectivity index (χ1) is 11.5. The molecule has 0 aliphatic heterocycles. The Bertz CT molecular complexity index is 593. The Morgan fingerprint density at radius 2 is 1.75 bits per heavy atom. The Morgan fingerprint density at radius 3 is 2.33 bits per heavy atom. The summed E-state index contributed by atoms with van der Waals surface area (Å²) in [6, 6.07) is 2.85. The zero-order valence-corrected chi connectivity index (χ0v) is 14.3. The molecule has 1 amide bonds. The highest BCUT2D eigenvalue weighted by Crippen LogP contribution is 2.34. The van der Waals surface area contributed by atoms with Crippen LogP contribution in [0, 0.1) is 5.92 Å². The van der Waals surface area contributed by atoms with E-state index in [2.05, 4.69) is 5.32 Å². The first kappa shape index (κ1) is 18.1. The van der Waals surface area contributed by atoms with E-state index in [4.69, 9.17) is 9.47 Å². The summed E-state index contributed by atoms with van der Waals surface area (Å²) in [7, 11) is 2.90. The van der Waals surface area contributed by atoms with Crippen LogP contribution in [0.4, 0.5) is 5.69 Å². The van der Waals surface area contributed by atoms with E-state index in [9.17, 15) is 14.7 Å². The van der Waals surface area contributed by atoms with Crippen molar-refractivity contribution in [2.24, 2.45) is 5.92 Å². The van der Waals surface area contributed by atoms with E-state index in [-0.39, 0.29) is 17.2 Å². The molecule has 0 bridgehead atoms. The summed E-state index contributed by atoms with van der Waals surface area (Å²) in [5, 5.41) is 12.1. The summed E-state index contributed by atoms with van der Waals surface area (Å²) >= 11 is 0. The Labute approximate surface area is 142 Å². The Morgan fingerprint density at radius 1 is 1.12 bits per heavy atom. The van der Waals surface area contributed by atoms with Crippen LogP contribution in [0.5, 0.6) is 11.5 Å². The van der Waals surface area contributed by atoms with Gasteiger partial charge in [0.1, 0.15) is 0 Å². The van der Waals surface area contributed by atoms with E-state index in [0.717, 1.165) is 6.42 Å². The number of carboxylic acids is 1. The van der Waals surface area contributed by atoms with Gasteiger partial charge in [-0.15, -0.1) is 0 Å². The monoisotopic (exact) mass is 335 g/mol. The standard InChI is InChI=1S/C18H25NO5/c1-23-15-10-13(18(21)22)14(11-16(15)24-2)19-17(20)9-8-12-6-4-3-5-7-12/h10-12H,3-9H2,1-2H3,(H,19,20)(H,21,22). The second-order valence-electron chi connectivity index (χ2n) is 6.15. The molecule has 2 rings (SSSR count). The first-order valence-corrected chi connectivity index (χ1v) is 8.34. The van der Waals surface area contributed by atoms with E-state index >= 15 is 0 Å². The summed E-state index contributed by atoms with van der Waals surface area (Å²) in [4.78, 5) is 23.6. The molecular weight excluding hydrogens is 310 g/mol. The molecule has 6 nitrogen and oxygen atoms in total. The second kappa shape index (κ2) is 8.57. The molecule has 0 heterocycles. The van der Waals surface area contributed by atoms with Gasteiger partial charge in [0, 0.05) is 18.6 Å². The summed E-state index contributed by atoms with van der Waals surface area (Å²) in [6.07, 6.45) is 7.39. The number of rotatable bonds is 7. The summed E-state index contributed by atoms with van der Waals surface area (Å²) in [6.45, 7) is 0. The fraction of sp³-hybridized carbons (Fsp3) is 0.556. The van der Waals surface area contributed by atoms with Crippen LogP contribution in [-0.2, 0) is 4.79 Å². The number of ether oxygens (including phenoxy) is 2. The van der Waals surface area contributed by atoms with Gasteiger partial charge in [0.05, 0.1) is 25.5 Å². The zero-order chi connectivity index (χ0) is 17.5. The number of benzene rings is 1. The Hall–Kier alpha value is -2.24. The third kappa shape index (κ3) is 4.63. The van der Waals surface area contributed by atoms with Gasteiger partial charge in [0.2, 0.25) is 5.91 Å². The molecule has 0 saturated heterocycles. The lowest BCUT2D eigenvalue weighted by Crippen LogP contribution is -2.17. The lowest BCUT2D eigenvalue weighted by molar-refractivity contribution is -0.116. The maximum Gasteiger partial charge on any atom is 0.337 e. The number of nitrogens with one attached hydrogen (secondary N) is 1. The van der Waals surface area contributed by atoms with Gasteiger partial charge in [-0.3, -0.25) is 4.79 Å². The average molecular weight is 335 g/mol. The van der Waals surface area contributed by atoms with E-state index in [1.165, 1.54) is 58.5 Å². The molecule has 1 aromatic carbocycles. The number of amides is 1. The highest BCUT2D eigenvalue weighted by atomic mass is 16.5. The second-order valence-corrected chi connectivity index (χ2v) is 6.15. The number of carbonyl (C=O) groups excluding carboxylic acids is 1. The maximum atomic E-state index is 12.2. The molecule has 6 heteroatoms. The normalized spacial score (nSPS) is 14.9. The highest BCUT2D eigenvalue weighted by Gasteiger charge is 2.19. The van der Waals surface area contributed by atoms with Crippen molar-refractivity contribution in [2.75, 3.05) is 19.5 Å². The van der Waals surface area contributed by atoms with Gasteiger partial charge in [0.15, 0.2) is 11.5 Å². The van der Waals surface area contributed by atoms with Crippen molar-refractivity contribution in [3.8, 4) is 11.5 Å².